The monoisotopic (exact) mass is 307 g/mol. The van der Waals surface area contributed by atoms with Crippen molar-refractivity contribution in [2.75, 3.05) is 5.33 Å². The van der Waals surface area contributed by atoms with Crippen LogP contribution in [0.5, 0.6) is 0 Å². The summed E-state index contributed by atoms with van der Waals surface area (Å²) in [5, 5.41) is 9.11. The molecule has 0 bridgehead atoms. The summed E-state index contributed by atoms with van der Waals surface area (Å²) < 4.78 is 1.76. The van der Waals surface area contributed by atoms with Gasteiger partial charge in [-0.3, -0.25) is 4.68 Å². The summed E-state index contributed by atoms with van der Waals surface area (Å²) in [5.74, 6) is 0.559. The maximum atomic E-state index is 4.15. The normalized spacial score (nSPS) is 12.6. The molecule has 2 aromatic rings. The molecule has 96 valence electrons. The minimum absolute atomic E-state index is 0.559. The molecule has 0 N–H and O–H groups in total. The van der Waals surface area contributed by atoms with Crippen molar-refractivity contribution in [2.24, 2.45) is 13.0 Å². The number of aromatic nitrogens is 3. The van der Waals surface area contributed by atoms with E-state index in [2.05, 4.69) is 57.4 Å². The molecule has 1 heterocycles. The van der Waals surface area contributed by atoms with E-state index >= 15 is 0 Å². The molecule has 1 aromatic carbocycles. The Hall–Kier alpha value is -1.16. The van der Waals surface area contributed by atoms with Gasteiger partial charge >= 0.3 is 0 Å². The third-order valence-corrected chi connectivity index (χ3v) is 3.89. The summed E-state index contributed by atoms with van der Waals surface area (Å²) in [6.45, 7) is 2.13. The first-order chi connectivity index (χ1) is 8.67. The van der Waals surface area contributed by atoms with E-state index in [1.807, 2.05) is 13.2 Å². The van der Waals surface area contributed by atoms with Gasteiger partial charge in [0.25, 0.3) is 0 Å². The Kier molecular flexibility index (Phi) is 4.53. The first kappa shape index (κ1) is 13.3. The highest BCUT2D eigenvalue weighted by Gasteiger charge is 2.11. The molecule has 0 amide bonds. The molecule has 1 unspecified atom stereocenters. The van der Waals surface area contributed by atoms with Crippen LogP contribution in [0.15, 0.2) is 30.5 Å². The van der Waals surface area contributed by atoms with E-state index in [0.29, 0.717) is 5.92 Å². The molecule has 0 radical (unpaired) electrons. The molecule has 0 aliphatic carbocycles. The fourth-order valence-electron chi connectivity index (χ4n) is 2.14. The van der Waals surface area contributed by atoms with Crippen LogP contribution in [0.1, 0.15) is 16.8 Å². The lowest BCUT2D eigenvalue weighted by molar-refractivity contribution is 0.581. The van der Waals surface area contributed by atoms with Gasteiger partial charge in [-0.05, 0) is 31.2 Å². The second kappa shape index (κ2) is 6.14. The first-order valence-electron chi connectivity index (χ1n) is 6.14. The number of benzene rings is 1. The average Bonchev–Trinajstić information content (AvgIpc) is 2.74. The van der Waals surface area contributed by atoms with Crippen LogP contribution in [-0.4, -0.2) is 20.3 Å². The van der Waals surface area contributed by atoms with Gasteiger partial charge in [0, 0.05) is 18.6 Å². The Morgan fingerprint density at radius 2 is 2.17 bits per heavy atom. The van der Waals surface area contributed by atoms with Crippen molar-refractivity contribution in [3.63, 3.8) is 0 Å². The Balaban J connectivity index is 2.01. The zero-order chi connectivity index (χ0) is 13.0. The number of aryl methyl sites for hydroxylation is 2. The lowest BCUT2D eigenvalue weighted by atomic mass is 9.96. The fraction of sp³-hybridized carbons (Fsp3) is 0.429. The summed E-state index contributed by atoms with van der Waals surface area (Å²) in [7, 11) is 1.90. The zero-order valence-corrected chi connectivity index (χ0v) is 12.4. The van der Waals surface area contributed by atoms with Crippen molar-refractivity contribution in [3.05, 3.63) is 47.3 Å². The molecule has 0 saturated heterocycles. The molecule has 2 rings (SSSR count). The van der Waals surface area contributed by atoms with E-state index in [9.17, 15) is 0 Å². The molecule has 0 fully saturated rings. The van der Waals surface area contributed by atoms with Gasteiger partial charge in [-0.15, -0.1) is 5.10 Å². The third-order valence-electron chi connectivity index (χ3n) is 2.97. The molecule has 18 heavy (non-hydrogen) atoms. The minimum atomic E-state index is 0.559. The van der Waals surface area contributed by atoms with Gasteiger partial charge in [0.05, 0.1) is 5.69 Å². The molecule has 0 aliphatic heterocycles. The predicted octanol–water partition coefficient (Wildman–Crippen LogP) is 2.92. The molecule has 0 saturated carbocycles. The van der Waals surface area contributed by atoms with Gasteiger partial charge < -0.3 is 0 Å². The molecule has 1 aromatic heterocycles. The second-order valence-corrected chi connectivity index (χ2v) is 5.45. The SMILES string of the molecule is Cc1cccc(CC(CBr)Cc2cn(C)nn2)c1. The van der Waals surface area contributed by atoms with Gasteiger partial charge in [-0.1, -0.05) is 51.0 Å². The van der Waals surface area contributed by atoms with E-state index in [4.69, 9.17) is 0 Å². The van der Waals surface area contributed by atoms with Gasteiger partial charge in [-0.2, -0.15) is 0 Å². The third kappa shape index (κ3) is 3.67. The number of hydrogen-bond donors (Lipinski definition) is 0. The maximum Gasteiger partial charge on any atom is 0.0830 e. The Labute approximate surface area is 116 Å². The van der Waals surface area contributed by atoms with Crippen LogP contribution in [0, 0.1) is 12.8 Å². The highest BCUT2D eigenvalue weighted by molar-refractivity contribution is 9.09. The quantitative estimate of drug-likeness (QED) is 0.795. The topological polar surface area (TPSA) is 30.7 Å². The zero-order valence-electron chi connectivity index (χ0n) is 10.8. The van der Waals surface area contributed by atoms with Crippen molar-refractivity contribution < 1.29 is 0 Å². The summed E-state index contributed by atoms with van der Waals surface area (Å²) in [6, 6.07) is 8.71. The van der Waals surface area contributed by atoms with E-state index < -0.39 is 0 Å². The smallest absolute Gasteiger partial charge is 0.0830 e. The number of halogens is 1. The highest BCUT2D eigenvalue weighted by Crippen LogP contribution is 2.16. The van der Waals surface area contributed by atoms with Crippen LogP contribution in [-0.2, 0) is 19.9 Å². The predicted molar refractivity (Wildman–Crippen MR) is 76.9 cm³/mol. The number of hydrogen-bond acceptors (Lipinski definition) is 2. The van der Waals surface area contributed by atoms with Crippen LogP contribution in [0.3, 0.4) is 0 Å². The average molecular weight is 308 g/mol. The van der Waals surface area contributed by atoms with E-state index in [-0.39, 0.29) is 0 Å². The maximum absolute atomic E-state index is 4.15. The van der Waals surface area contributed by atoms with Crippen molar-refractivity contribution in [1.29, 1.82) is 0 Å². The molecular formula is C14H18BrN3. The molecule has 3 nitrogen and oxygen atoms in total. The van der Waals surface area contributed by atoms with Crippen molar-refractivity contribution in [2.45, 2.75) is 19.8 Å². The highest BCUT2D eigenvalue weighted by atomic mass is 79.9. The molecule has 0 spiro atoms. The lowest BCUT2D eigenvalue weighted by Crippen LogP contribution is -2.10. The van der Waals surface area contributed by atoms with Crippen molar-refractivity contribution in [1.82, 2.24) is 15.0 Å². The summed E-state index contributed by atoms with van der Waals surface area (Å²) in [6.07, 6.45) is 4.03. The van der Waals surface area contributed by atoms with Crippen molar-refractivity contribution >= 4 is 15.9 Å². The van der Waals surface area contributed by atoms with Crippen LogP contribution in [0.4, 0.5) is 0 Å². The minimum Gasteiger partial charge on any atom is -0.255 e. The molecule has 4 heteroatoms. The Morgan fingerprint density at radius 3 is 2.78 bits per heavy atom. The van der Waals surface area contributed by atoms with Crippen molar-refractivity contribution in [3.8, 4) is 0 Å². The van der Waals surface area contributed by atoms with Crippen LogP contribution < -0.4 is 0 Å². The number of alkyl halides is 1. The molecule has 0 aliphatic rings. The summed E-state index contributed by atoms with van der Waals surface area (Å²) in [4.78, 5) is 0. The van der Waals surface area contributed by atoms with Gasteiger partial charge in [0.15, 0.2) is 0 Å². The number of rotatable bonds is 5. The van der Waals surface area contributed by atoms with Gasteiger partial charge in [-0.25, -0.2) is 0 Å². The first-order valence-corrected chi connectivity index (χ1v) is 7.26. The molecule has 1 atom stereocenters. The number of nitrogens with zero attached hydrogens (tertiary/aromatic N) is 3. The standard InChI is InChI=1S/C14H18BrN3/c1-11-4-3-5-12(6-11)7-13(9-15)8-14-10-18(2)17-16-14/h3-6,10,13H,7-9H2,1-2H3. The van der Waals surface area contributed by atoms with Gasteiger partial charge in [0.1, 0.15) is 0 Å². The van der Waals surface area contributed by atoms with E-state index in [1.54, 1.807) is 4.68 Å². The fourth-order valence-corrected chi connectivity index (χ4v) is 2.60. The van der Waals surface area contributed by atoms with Gasteiger partial charge in [0.2, 0.25) is 0 Å². The van der Waals surface area contributed by atoms with Crippen LogP contribution in [0.25, 0.3) is 0 Å². The van der Waals surface area contributed by atoms with Crippen LogP contribution >= 0.6 is 15.9 Å². The largest absolute Gasteiger partial charge is 0.255 e. The molecular weight excluding hydrogens is 290 g/mol. The summed E-state index contributed by atoms with van der Waals surface area (Å²) >= 11 is 3.60. The lowest BCUT2D eigenvalue weighted by Gasteiger charge is -2.12. The van der Waals surface area contributed by atoms with E-state index in [1.165, 1.54) is 11.1 Å². The van der Waals surface area contributed by atoms with Crippen LogP contribution in [0.2, 0.25) is 0 Å². The second-order valence-electron chi connectivity index (χ2n) is 4.80. The Bertz CT molecular complexity index is 507. The Morgan fingerprint density at radius 1 is 1.33 bits per heavy atom. The van der Waals surface area contributed by atoms with E-state index in [0.717, 1.165) is 23.9 Å². The summed E-state index contributed by atoms with van der Waals surface area (Å²) in [5.41, 5.74) is 3.78.